The molecular formula is C20H29NO2. The first kappa shape index (κ1) is 16.5. The van der Waals surface area contributed by atoms with Crippen molar-refractivity contribution in [2.45, 2.75) is 58.5 Å². The summed E-state index contributed by atoms with van der Waals surface area (Å²) in [7, 11) is 1.83. The third-order valence-corrected chi connectivity index (χ3v) is 6.00. The van der Waals surface area contributed by atoms with Crippen LogP contribution in [-0.4, -0.2) is 37.1 Å². The van der Waals surface area contributed by atoms with Crippen molar-refractivity contribution in [1.29, 1.82) is 0 Å². The van der Waals surface area contributed by atoms with Crippen LogP contribution in [0, 0.1) is 19.3 Å². The Morgan fingerprint density at radius 3 is 2.78 bits per heavy atom. The Morgan fingerprint density at radius 2 is 2.04 bits per heavy atom. The van der Waals surface area contributed by atoms with Crippen molar-refractivity contribution in [1.82, 2.24) is 4.90 Å². The van der Waals surface area contributed by atoms with Crippen LogP contribution in [-0.2, 0) is 16.0 Å². The maximum atomic E-state index is 12.8. The number of benzene rings is 1. The summed E-state index contributed by atoms with van der Waals surface area (Å²) in [5, 5.41) is 0. The highest BCUT2D eigenvalue weighted by Crippen LogP contribution is 2.46. The summed E-state index contributed by atoms with van der Waals surface area (Å²) in [5.41, 5.74) is 3.89. The maximum absolute atomic E-state index is 12.8. The summed E-state index contributed by atoms with van der Waals surface area (Å²) in [6.07, 6.45) is 6.76. The van der Waals surface area contributed by atoms with Crippen LogP contribution in [0.5, 0.6) is 0 Å². The van der Waals surface area contributed by atoms with E-state index in [4.69, 9.17) is 4.74 Å². The lowest BCUT2D eigenvalue weighted by Crippen LogP contribution is -2.50. The van der Waals surface area contributed by atoms with Gasteiger partial charge in [-0.3, -0.25) is 4.79 Å². The van der Waals surface area contributed by atoms with Crippen molar-refractivity contribution >= 4 is 5.91 Å². The molecule has 1 amide bonds. The fourth-order valence-corrected chi connectivity index (χ4v) is 4.51. The van der Waals surface area contributed by atoms with Crippen molar-refractivity contribution in [2.24, 2.45) is 5.41 Å². The first-order chi connectivity index (χ1) is 11.0. The van der Waals surface area contributed by atoms with Crippen LogP contribution in [0.15, 0.2) is 18.2 Å². The van der Waals surface area contributed by atoms with Crippen LogP contribution in [0.1, 0.15) is 48.8 Å². The Kier molecular flexibility index (Phi) is 4.77. The Bertz CT molecular complexity index is 583. The lowest BCUT2D eigenvalue weighted by Gasteiger charge is -2.43. The topological polar surface area (TPSA) is 29.5 Å². The third-order valence-electron chi connectivity index (χ3n) is 6.00. The Hall–Kier alpha value is -1.35. The predicted molar refractivity (Wildman–Crippen MR) is 92.5 cm³/mol. The fourth-order valence-electron chi connectivity index (χ4n) is 4.51. The molecule has 2 fully saturated rings. The molecule has 3 heteroatoms. The molecule has 1 spiro atoms. The summed E-state index contributed by atoms with van der Waals surface area (Å²) >= 11 is 0. The molecule has 0 N–H and O–H groups in total. The van der Waals surface area contributed by atoms with Gasteiger partial charge in [-0.15, -0.1) is 0 Å². The molecule has 0 radical (unpaired) electrons. The summed E-state index contributed by atoms with van der Waals surface area (Å²) < 4.78 is 5.74. The number of carbonyl (C=O) groups is 1. The Labute approximate surface area is 140 Å². The number of amides is 1. The van der Waals surface area contributed by atoms with Crippen LogP contribution in [0.3, 0.4) is 0 Å². The van der Waals surface area contributed by atoms with E-state index in [1.807, 2.05) is 7.11 Å². The monoisotopic (exact) mass is 315 g/mol. The lowest BCUT2D eigenvalue weighted by molar-refractivity contribution is -0.136. The summed E-state index contributed by atoms with van der Waals surface area (Å²) in [6, 6.07) is 6.36. The SMILES string of the molecule is CO[C@@H]1CCC[C@@]12CCCN(C(=O)Cc1ccc(C)c(C)c1)C2. The standard InChI is InChI=1S/C20H29NO2/c1-15-7-8-17(12-16(15)2)13-19(22)21-11-5-10-20(14-21)9-4-6-18(20)23-3/h7-8,12,18H,4-6,9-11,13-14H2,1-3H3/t18-,20+/m1/s1. The van der Waals surface area contributed by atoms with Gasteiger partial charge in [0.25, 0.3) is 0 Å². The van der Waals surface area contributed by atoms with Gasteiger partial charge < -0.3 is 9.64 Å². The van der Waals surface area contributed by atoms with E-state index in [0.717, 1.165) is 31.5 Å². The van der Waals surface area contributed by atoms with E-state index in [9.17, 15) is 4.79 Å². The number of piperidine rings is 1. The average molecular weight is 315 g/mol. The third kappa shape index (κ3) is 3.30. The molecule has 3 rings (SSSR count). The molecule has 1 aliphatic carbocycles. The number of hydrogen-bond acceptors (Lipinski definition) is 2. The van der Waals surface area contributed by atoms with Crippen molar-refractivity contribution in [2.75, 3.05) is 20.2 Å². The number of nitrogens with zero attached hydrogens (tertiary/aromatic N) is 1. The molecule has 2 aliphatic rings. The molecule has 1 aliphatic heterocycles. The molecule has 0 aromatic heterocycles. The molecule has 3 nitrogen and oxygen atoms in total. The highest BCUT2D eigenvalue weighted by atomic mass is 16.5. The molecule has 0 bridgehead atoms. The maximum Gasteiger partial charge on any atom is 0.227 e. The van der Waals surface area contributed by atoms with Crippen LogP contribution in [0.25, 0.3) is 0 Å². The highest BCUT2D eigenvalue weighted by molar-refractivity contribution is 5.79. The van der Waals surface area contributed by atoms with Crippen LogP contribution < -0.4 is 0 Å². The molecule has 1 saturated heterocycles. The van der Waals surface area contributed by atoms with Crippen molar-refractivity contribution < 1.29 is 9.53 Å². The van der Waals surface area contributed by atoms with Gasteiger partial charge in [-0.2, -0.15) is 0 Å². The van der Waals surface area contributed by atoms with Gasteiger partial charge in [0.2, 0.25) is 5.91 Å². The van der Waals surface area contributed by atoms with E-state index in [1.54, 1.807) is 0 Å². The van der Waals surface area contributed by atoms with E-state index < -0.39 is 0 Å². The van der Waals surface area contributed by atoms with E-state index >= 15 is 0 Å². The first-order valence-electron chi connectivity index (χ1n) is 8.91. The average Bonchev–Trinajstić information content (AvgIpc) is 2.92. The van der Waals surface area contributed by atoms with Crippen molar-refractivity contribution in [3.05, 3.63) is 34.9 Å². The minimum atomic E-state index is 0.214. The largest absolute Gasteiger partial charge is 0.381 e. The normalized spacial score (nSPS) is 27.6. The summed E-state index contributed by atoms with van der Waals surface area (Å²) in [4.78, 5) is 14.9. The van der Waals surface area contributed by atoms with E-state index in [-0.39, 0.29) is 11.3 Å². The molecule has 1 aromatic carbocycles. The fraction of sp³-hybridized carbons (Fsp3) is 0.650. The predicted octanol–water partition coefficient (Wildman–Crippen LogP) is 3.65. The zero-order chi connectivity index (χ0) is 16.4. The van der Waals surface area contributed by atoms with E-state index in [0.29, 0.717) is 12.5 Å². The second kappa shape index (κ2) is 6.64. The molecular weight excluding hydrogens is 286 g/mol. The first-order valence-corrected chi connectivity index (χ1v) is 8.91. The van der Waals surface area contributed by atoms with Crippen LogP contribution in [0.2, 0.25) is 0 Å². The highest BCUT2D eigenvalue weighted by Gasteiger charge is 2.46. The molecule has 1 heterocycles. The molecule has 2 atom stereocenters. The van der Waals surface area contributed by atoms with Gasteiger partial charge in [-0.25, -0.2) is 0 Å². The van der Waals surface area contributed by atoms with Crippen LogP contribution in [0.4, 0.5) is 0 Å². The van der Waals surface area contributed by atoms with Gasteiger partial charge in [-0.05, 0) is 56.2 Å². The summed E-state index contributed by atoms with van der Waals surface area (Å²) in [5.74, 6) is 0.272. The van der Waals surface area contributed by atoms with Crippen molar-refractivity contribution in [3.63, 3.8) is 0 Å². The second-order valence-corrected chi connectivity index (χ2v) is 7.49. The number of methoxy groups -OCH3 is 1. The van der Waals surface area contributed by atoms with Gasteiger partial charge in [-0.1, -0.05) is 24.6 Å². The lowest BCUT2D eigenvalue weighted by atomic mass is 9.76. The zero-order valence-electron chi connectivity index (χ0n) is 14.7. The molecule has 1 aromatic rings. The molecule has 1 saturated carbocycles. The van der Waals surface area contributed by atoms with E-state index in [1.165, 1.54) is 30.4 Å². The zero-order valence-corrected chi connectivity index (χ0v) is 14.7. The smallest absolute Gasteiger partial charge is 0.227 e. The Balaban J connectivity index is 1.68. The number of rotatable bonds is 3. The molecule has 23 heavy (non-hydrogen) atoms. The van der Waals surface area contributed by atoms with Crippen molar-refractivity contribution in [3.8, 4) is 0 Å². The van der Waals surface area contributed by atoms with Gasteiger partial charge in [0.05, 0.1) is 12.5 Å². The number of hydrogen-bond donors (Lipinski definition) is 0. The van der Waals surface area contributed by atoms with Gasteiger partial charge in [0, 0.05) is 25.6 Å². The quantitative estimate of drug-likeness (QED) is 0.852. The Morgan fingerprint density at radius 1 is 1.26 bits per heavy atom. The van der Waals surface area contributed by atoms with Crippen LogP contribution >= 0.6 is 0 Å². The van der Waals surface area contributed by atoms with E-state index in [2.05, 4.69) is 36.9 Å². The number of ether oxygens (including phenoxy) is 1. The minimum absolute atomic E-state index is 0.214. The van der Waals surface area contributed by atoms with Gasteiger partial charge >= 0.3 is 0 Å². The molecule has 126 valence electrons. The summed E-state index contributed by atoms with van der Waals surface area (Å²) in [6.45, 7) is 6.01. The number of carbonyl (C=O) groups excluding carboxylic acids is 1. The van der Waals surface area contributed by atoms with Gasteiger partial charge in [0.1, 0.15) is 0 Å². The number of aryl methyl sites for hydroxylation is 2. The number of likely N-dealkylation sites (tertiary alicyclic amines) is 1. The van der Waals surface area contributed by atoms with Gasteiger partial charge in [0.15, 0.2) is 0 Å². The minimum Gasteiger partial charge on any atom is -0.381 e. The molecule has 0 unspecified atom stereocenters. The second-order valence-electron chi connectivity index (χ2n) is 7.49.